The normalized spacial score (nSPS) is 16.1. The lowest BCUT2D eigenvalue weighted by Crippen LogP contribution is -2.26. The van der Waals surface area contributed by atoms with E-state index in [-0.39, 0.29) is 10.8 Å². The van der Waals surface area contributed by atoms with Gasteiger partial charge >= 0.3 is 0 Å². The number of para-hydroxylation sites is 1. The zero-order valence-corrected chi connectivity index (χ0v) is 36.7. The first-order valence-corrected chi connectivity index (χ1v) is 22.8. The van der Waals surface area contributed by atoms with Crippen LogP contribution >= 0.6 is 0 Å². The van der Waals surface area contributed by atoms with Crippen LogP contribution in [0.1, 0.15) is 83.3 Å². The van der Waals surface area contributed by atoms with Crippen LogP contribution in [0, 0.1) is 0 Å². The van der Waals surface area contributed by atoms with Crippen LogP contribution in [0.15, 0.2) is 200 Å². The van der Waals surface area contributed by atoms with Crippen molar-refractivity contribution in [1.29, 1.82) is 0 Å². The fourth-order valence-electron chi connectivity index (χ4n) is 12.4. The number of rotatable bonds is 5. The van der Waals surface area contributed by atoms with E-state index in [2.05, 4.69) is 245 Å². The van der Waals surface area contributed by atoms with Crippen LogP contribution in [0.25, 0.3) is 56.3 Å². The monoisotopic (exact) mass is 817 g/mol. The molecule has 0 fully saturated rings. The standard InChI is InChI=1S/C63H47N/c1-61(2)53-23-13-12-22-51(53)59-60(61)52-34-29-40(36-56(52)62(59,3)4)26-27-41-28-33-49-50-35-32-46(64(44-18-6-5-7-19-44)45-31-30-42-16-8-9-17-43(42)38-45)39-58(50)63(57(49)37-41)54-24-14-10-20-47(54)48-21-11-15-25-55(48)63/h5-39H,1-4H3. The molecule has 0 saturated carbocycles. The summed E-state index contributed by atoms with van der Waals surface area (Å²) in [5.74, 6) is 0. The molecule has 64 heavy (non-hydrogen) atoms. The Balaban J connectivity index is 0.954. The van der Waals surface area contributed by atoms with Crippen molar-refractivity contribution in [2.24, 2.45) is 0 Å². The zero-order chi connectivity index (χ0) is 43.0. The molecule has 304 valence electrons. The van der Waals surface area contributed by atoms with Crippen LogP contribution in [0.4, 0.5) is 17.1 Å². The lowest BCUT2D eigenvalue weighted by molar-refractivity contribution is 0.694. The summed E-state index contributed by atoms with van der Waals surface area (Å²) in [5, 5.41) is 2.46. The Kier molecular flexibility index (Phi) is 7.69. The van der Waals surface area contributed by atoms with Crippen molar-refractivity contribution in [3.8, 4) is 22.3 Å². The fourth-order valence-corrected chi connectivity index (χ4v) is 12.4. The summed E-state index contributed by atoms with van der Waals surface area (Å²) in [6.45, 7) is 9.64. The molecule has 1 spiro atoms. The Morgan fingerprint density at radius 1 is 0.312 bits per heavy atom. The predicted octanol–water partition coefficient (Wildman–Crippen LogP) is 16.3. The molecule has 1 nitrogen and oxygen atoms in total. The molecule has 0 amide bonds. The third-order valence-corrected chi connectivity index (χ3v) is 15.2. The highest BCUT2D eigenvalue weighted by molar-refractivity contribution is 6.09. The second-order valence-corrected chi connectivity index (χ2v) is 19.3. The van der Waals surface area contributed by atoms with Gasteiger partial charge in [-0.05, 0) is 142 Å². The van der Waals surface area contributed by atoms with Crippen LogP contribution in [-0.4, -0.2) is 0 Å². The van der Waals surface area contributed by atoms with E-state index in [1.807, 2.05) is 0 Å². The highest BCUT2D eigenvalue weighted by atomic mass is 15.1. The van der Waals surface area contributed by atoms with E-state index in [0.717, 1.165) is 17.1 Å². The smallest absolute Gasteiger partial charge is 0.0726 e. The maximum Gasteiger partial charge on any atom is 0.0726 e. The lowest BCUT2D eigenvalue weighted by atomic mass is 9.70. The van der Waals surface area contributed by atoms with Crippen molar-refractivity contribution < 1.29 is 0 Å². The number of nitrogens with zero attached hydrogens (tertiary/aromatic N) is 1. The van der Waals surface area contributed by atoms with Crippen LogP contribution in [0.5, 0.6) is 0 Å². The molecule has 13 rings (SSSR count). The van der Waals surface area contributed by atoms with Gasteiger partial charge in [0, 0.05) is 27.9 Å². The number of allylic oxidation sites excluding steroid dienone is 2. The molecule has 0 radical (unpaired) electrons. The second kappa shape index (κ2) is 13.3. The molecular formula is C63H47N. The molecule has 0 heterocycles. The molecule has 9 aromatic rings. The molecular weight excluding hydrogens is 771 g/mol. The molecule has 0 aromatic heterocycles. The molecule has 4 aliphatic carbocycles. The van der Waals surface area contributed by atoms with E-state index in [0.29, 0.717) is 0 Å². The topological polar surface area (TPSA) is 3.24 Å². The minimum Gasteiger partial charge on any atom is -0.310 e. The van der Waals surface area contributed by atoms with Gasteiger partial charge in [-0.3, -0.25) is 0 Å². The average Bonchev–Trinajstić information content (AvgIpc) is 3.97. The van der Waals surface area contributed by atoms with Crippen molar-refractivity contribution in [3.63, 3.8) is 0 Å². The van der Waals surface area contributed by atoms with Crippen molar-refractivity contribution in [2.45, 2.75) is 43.9 Å². The Morgan fingerprint density at radius 3 is 1.45 bits per heavy atom. The van der Waals surface area contributed by atoms with Gasteiger partial charge < -0.3 is 4.90 Å². The summed E-state index contributed by atoms with van der Waals surface area (Å²) in [7, 11) is 0. The minimum atomic E-state index is -0.490. The number of hydrogen-bond donors (Lipinski definition) is 0. The van der Waals surface area contributed by atoms with Crippen LogP contribution < -0.4 is 4.90 Å². The molecule has 0 N–H and O–H groups in total. The lowest BCUT2D eigenvalue weighted by Gasteiger charge is -2.32. The summed E-state index contributed by atoms with van der Waals surface area (Å²) in [6.07, 6.45) is 4.65. The SMILES string of the molecule is CC1(C)C2=C(c3ccccc31)C(C)(C)c1cc(C=Cc3ccc4c(c3)C3(c5ccccc5-c5ccccc53)c3cc(N(c5ccccc5)c5ccc6ccccc6c5)ccc3-4)ccc12. The van der Waals surface area contributed by atoms with Gasteiger partial charge in [0.15, 0.2) is 0 Å². The fraction of sp³-hybridized carbons (Fsp3) is 0.111. The second-order valence-electron chi connectivity index (χ2n) is 19.3. The first-order valence-electron chi connectivity index (χ1n) is 22.8. The first-order chi connectivity index (χ1) is 31.2. The van der Waals surface area contributed by atoms with Gasteiger partial charge in [0.25, 0.3) is 0 Å². The molecule has 0 unspecified atom stereocenters. The summed E-state index contributed by atoms with van der Waals surface area (Å²) in [5.41, 5.74) is 24.5. The number of benzene rings is 9. The van der Waals surface area contributed by atoms with Gasteiger partial charge in [0.05, 0.1) is 5.41 Å². The Labute approximate surface area is 376 Å². The van der Waals surface area contributed by atoms with Gasteiger partial charge in [-0.25, -0.2) is 0 Å². The van der Waals surface area contributed by atoms with Crippen molar-refractivity contribution in [3.05, 3.63) is 256 Å². The third kappa shape index (κ3) is 4.96. The average molecular weight is 818 g/mol. The summed E-state index contributed by atoms with van der Waals surface area (Å²) in [6, 6.07) is 75.1. The van der Waals surface area contributed by atoms with E-state index in [1.54, 1.807) is 0 Å². The minimum absolute atomic E-state index is 0.0295. The number of fused-ring (bicyclic) bond motifs is 15. The van der Waals surface area contributed by atoms with Crippen molar-refractivity contribution in [2.75, 3.05) is 4.90 Å². The molecule has 1 heteroatoms. The van der Waals surface area contributed by atoms with E-state index >= 15 is 0 Å². The molecule has 0 bridgehead atoms. The van der Waals surface area contributed by atoms with E-state index < -0.39 is 5.41 Å². The van der Waals surface area contributed by atoms with E-state index in [1.165, 1.54) is 99.8 Å². The summed E-state index contributed by atoms with van der Waals surface area (Å²) in [4.78, 5) is 2.42. The van der Waals surface area contributed by atoms with Gasteiger partial charge in [-0.15, -0.1) is 0 Å². The third-order valence-electron chi connectivity index (χ3n) is 15.2. The van der Waals surface area contributed by atoms with Gasteiger partial charge in [-0.1, -0.05) is 198 Å². The van der Waals surface area contributed by atoms with Gasteiger partial charge in [0.1, 0.15) is 0 Å². The predicted molar refractivity (Wildman–Crippen MR) is 270 cm³/mol. The highest BCUT2D eigenvalue weighted by Gasteiger charge is 2.52. The zero-order valence-electron chi connectivity index (χ0n) is 36.7. The molecule has 0 aliphatic heterocycles. The van der Waals surface area contributed by atoms with Crippen LogP contribution in [0.3, 0.4) is 0 Å². The van der Waals surface area contributed by atoms with Crippen LogP contribution in [-0.2, 0) is 16.2 Å². The Hall–Kier alpha value is -7.48. The number of hydrogen-bond acceptors (Lipinski definition) is 1. The molecule has 0 atom stereocenters. The highest BCUT2D eigenvalue weighted by Crippen LogP contribution is 2.65. The van der Waals surface area contributed by atoms with Crippen molar-refractivity contribution in [1.82, 2.24) is 0 Å². The molecule has 4 aliphatic rings. The van der Waals surface area contributed by atoms with Gasteiger partial charge in [0.2, 0.25) is 0 Å². The summed E-state index contributed by atoms with van der Waals surface area (Å²) < 4.78 is 0. The molecule has 0 saturated heterocycles. The van der Waals surface area contributed by atoms with Crippen molar-refractivity contribution >= 4 is 51.1 Å². The van der Waals surface area contributed by atoms with Gasteiger partial charge in [-0.2, -0.15) is 0 Å². The maximum atomic E-state index is 2.49. The maximum absolute atomic E-state index is 2.49. The largest absolute Gasteiger partial charge is 0.310 e. The van der Waals surface area contributed by atoms with E-state index in [9.17, 15) is 0 Å². The van der Waals surface area contributed by atoms with E-state index in [4.69, 9.17) is 0 Å². The van der Waals surface area contributed by atoms with Crippen LogP contribution in [0.2, 0.25) is 0 Å². The first kappa shape index (κ1) is 37.1. The Morgan fingerprint density at radius 2 is 0.766 bits per heavy atom. The quantitative estimate of drug-likeness (QED) is 0.156. The Bertz CT molecular complexity index is 3460. The summed E-state index contributed by atoms with van der Waals surface area (Å²) >= 11 is 0. The number of anilines is 3. The molecule has 9 aromatic carbocycles.